The van der Waals surface area contributed by atoms with Crippen LogP contribution in [0.4, 0.5) is 0 Å². The molecular formula is C70H113NO18. The van der Waals surface area contributed by atoms with Crippen LogP contribution in [-0.4, -0.2) is 193 Å². The molecule has 0 radical (unpaired) electrons. The Balaban J connectivity index is 1.39. The largest absolute Gasteiger partial charge is 0.394 e. The molecule has 0 spiro atoms. The molecule has 0 aromatic carbocycles. The summed E-state index contributed by atoms with van der Waals surface area (Å²) in [5, 5.41) is 120. The van der Waals surface area contributed by atoms with E-state index in [1.54, 1.807) is 6.08 Å². The van der Waals surface area contributed by atoms with Crippen molar-refractivity contribution in [3.63, 3.8) is 0 Å². The maximum atomic E-state index is 13.3. The lowest BCUT2D eigenvalue weighted by Gasteiger charge is -2.48. The summed E-state index contributed by atoms with van der Waals surface area (Å²) in [7, 11) is 0. The van der Waals surface area contributed by atoms with Crippen molar-refractivity contribution in [3.8, 4) is 0 Å². The summed E-state index contributed by atoms with van der Waals surface area (Å²) < 4.78 is 34.2. The van der Waals surface area contributed by atoms with Crippen LogP contribution in [0.15, 0.2) is 134 Å². The molecule has 3 saturated heterocycles. The molecule has 0 aromatic rings. The number of unbranched alkanes of at least 4 members (excludes halogenated alkanes) is 11. The normalized spacial score (nSPS) is 29.1. The van der Waals surface area contributed by atoms with E-state index in [1.165, 1.54) is 6.42 Å². The lowest BCUT2D eigenvalue weighted by atomic mass is 9.96. The van der Waals surface area contributed by atoms with Crippen molar-refractivity contribution in [2.24, 2.45) is 0 Å². The zero-order chi connectivity index (χ0) is 64.7. The maximum Gasteiger partial charge on any atom is 0.220 e. The highest BCUT2D eigenvalue weighted by molar-refractivity contribution is 5.76. The Morgan fingerprint density at radius 3 is 1.25 bits per heavy atom. The number of nitrogens with one attached hydrogen (secondary N) is 1. The van der Waals surface area contributed by atoms with Gasteiger partial charge in [0.2, 0.25) is 5.91 Å². The first kappa shape index (κ1) is 79.2. The standard InChI is InChI=1S/C70H113NO18/c1-3-5-7-9-11-13-15-16-17-18-19-20-21-22-23-24-25-26-27-28-29-30-31-32-33-34-35-36-38-40-42-44-46-48-58(76)71-53(54(75)47-45-43-41-39-37-14-12-10-8-6-4-2)52-84-68-64(82)61(79)66(56(50-73)86-68)89-70-65(83)62(80)67(57(51-74)87-70)88-69-63(81)60(78)59(77)55(49-72)85-69/h5,7-8,10-11,13,16-17,19-20,22-23,25-26,28-29,31-32,37,39,45,47,53-57,59-70,72-75,77-83H,3-4,6,9,12,14-15,18,21,24,27,30,33-36,38,40-44,46,48-52H2,1-2H3,(H,71,76)/b7-5-,10-8+,13-11-,17-16-,20-19-,23-22-,26-25-,29-28-,32-31-,39-37+,47-45+. The second kappa shape index (κ2) is 50.5. The van der Waals surface area contributed by atoms with Gasteiger partial charge >= 0.3 is 0 Å². The Labute approximate surface area is 530 Å². The van der Waals surface area contributed by atoms with E-state index in [0.29, 0.717) is 12.8 Å². The lowest BCUT2D eigenvalue weighted by molar-refractivity contribution is -0.379. The second-order valence-corrected chi connectivity index (χ2v) is 22.8. The zero-order valence-corrected chi connectivity index (χ0v) is 53.1. The fraction of sp³-hybridized carbons (Fsp3) is 0.671. The van der Waals surface area contributed by atoms with Crippen molar-refractivity contribution >= 4 is 5.91 Å². The van der Waals surface area contributed by atoms with Crippen LogP contribution >= 0.6 is 0 Å². The molecule has 0 aromatic heterocycles. The molecule has 19 nitrogen and oxygen atoms in total. The third kappa shape index (κ3) is 32.9. The minimum atomic E-state index is -1.99. The summed E-state index contributed by atoms with van der Waals surface area (Å²) in [6, 6.07) is -1.01. The number of ether oxygens (including phenoxy) is 6. The molecule has 0 saturated carbocycles. The Morgan fingerprint density at radius 2 is 0.787 bits per heavy atom. The zero-order valence-electron chi connectivity index (χ0n) is 53.1. The summed E-state index contributed by atoms with van der Waals surface area (Å²) in [6.07, 6.45) is 43.1. The van der Waals surface area contributed by atoms with Crippen molar-refractivity contribution in [1.29, 1.82) is 0 Å². The molecule has 3 fully saturated rings. The topological polar surface area (TPSA) is 307 Å². The molecule has 0 aliphatic carbocycles. The van der Waals surface area contributed by atoms with Crippen molar-refractivity contribution < 1.29 is 89.4 Å². The lowest BCUT2D eigenvalue weighted by Crippen LogP contribution is -2.66. The average Bonchev–Trinajstić information content (AvgIpc) is 1.33. The number of hydrogen-bond acceptors (Lipinski definition) is 18. The van der Waals surface area contributed by atoms with Gasteiger partial charge in [-0.15, -0.1) is 0 Å². The van der Waals surface area contributed by atoms with Crippen molar-refractivity contribution in [1.82, 2.24) is 5.32 Å². The summed E-state index contributed by atoms with van der Waals surface area (Å²) >= 11 is 0. The van der Waals surface area contributed by atoms with Gasteiger partial charge in [-0.25, -0.2) is 0 Å². The highest BCUT2D eigenvalue weighted by Gasteiger charge is 2.53. The van der Waals surface area contributed by atoms with E-state index in [9.17, 15) is 61.0 Å². The van der Waals surface area contributed by atoms with E-state index in [4.69, 9.17) is 28.4 Å². The van der Waals surface area contributed by atoms with E-state index in [0.717, 1.165) is 128 Å². The van der Waals surface area contributed by atoms with Gasteiger partial charge in [0, 0.05) is 6.42 Å². The van der Waals surface area contributed by atoms with Crippen molar-refractivity contribution in [3.05, 3.63) is 134 Å². The fourth-order valence-electron chi connectivity index (χ4n) is 10.1. The molecule has 19 heteroatoms. The Kier molecular flexibility index (Phi) is 44.9. The van der Waals surface area contributed by atoms with Gasteiger partial charge in [-0.05, 0) is 103 Å². The first-order chi connectivity index (χ1) is 43.3. The van der Waals surface area contributed by atoms with E-state index >= 15 is 0 Å². The number of hydrogen-bond donors (Lipinski definition) is 12. The first-order valence-electron chi connectivity index (χ1n) is 32.9. The third-order valence-electron chi connectivity index (χ3n) is 15.4. The van der Waals surface area contributed by atoms with Gasteiger partial charge in [0.15, 0.2) is 18.9 Å². The summed E-state index contributed by atoms with van der Waals surface area (Å²) in [5.41, 5.74) is 0. The molecule has 17 unspecified atom stereocenters. The predicted octanol–water partition coefficient (Wildman–Crippen LogP) is 7.82. The molecule has 17 atom stereocenters. The third-order valence-corrected chi connectivity index (χ3v) is 15.4. The molecule has 89 heavy (non-hydrogen) atoms. The van der Waals surface area contributed by atoms with Crippen LogP contribution in [0.1, 0.15) is 168 Å². The SMILES string of the molecule is CC/C=C\C/C=C\C/C=C\C/C=C\C/C=C\C/C=C\C/C=C\C/C=C\CCCCCCCCCCC(=O)NC(COC1OC(CO)C(OC2OC(CO)C(OC3OC(CO)C(O)C(O)C3O)C(O)C2O)C(O)C1O)C(O)/C=C/CC/C=C/CC/C=C/CCC. The molecular weight excluding hydrogens is 1140 g/mol. The molecule has 506 valence electrons. The van der Waals surface area contributed by atoms with Gasteiger partial charge in [0.1, 0.15) is 73.2 Å². The van der Waals surface area contributed by atoms with Crippen molar-refractivity contribution in [2.45, 2.75) is 272 Å². The van der Waals surface area contributed by atoms with E-state index in [1.807, 2.05) is 6.08 Å². The average molecular weight is 1260 g/mol. The van der Waals surface area contributed by atoms with Crippen LogP contribution in [0, 0.1) is 0 Å². The number of carbonyl (C=O) groups is 1. The molecule has 3 heterocycles. The number of amides is 1. The quantitative estimate of drug-likeness (QED) is 0.0204. The number of allylic oxidation sites excluding steroid dienone is 21. The Bertz CT molecular complexity index is 2130. The van der Waals surface area contributed by atoms with Crippen LogP contribution in [-0.2, 0) is 33.2 Å². The van der Waals surface area contributed by atoms with E-state index in [-0.39, 0.29) is 18.9 Å². The molecule has 3 rings (SSSR count). The molecule has 3 aliphatic rings. The van der Waals surface area contributed by atoms with Gasteiger partial charge in [-0.2, -0.15) is 0 Å². The number of aliphatic hydroxyl groups is 11. The van der Waals surface area contributed by atoms with Gasteiger partial charge in [-0.1, -0.05) is 192 Å². The monoisotopic (exact) mass is 1260 g/mol. The minimum absolute atomic E-state index is 0.212. The number of carbonyl (C=O) groups excluding carboxylic acids is 1. The van der Waals surface area contributed by atoms with Gasteiger partial charge in [0.05, 0.1) is 38.6 Å². The summed E-state index contributed by atoms with van der Waals surface area (Å²) in [5.74, 6) is -0.308. The smallest absolute Gasteiger partial charge is 0.220 e. The van der Waals surface area contributed by atoms with E-state index in [2.05, 4.69) is 141 Å². The Morgan fingerprint density at radius 1 is 0.416 bits per heavy atom. The number of rotatable bonds is 47. The summed E-state index contributed by atoms with van der Waals surface area (Å²) in [4.78, 5) is 13.3. The van der Waals surface area contributed by atoms with Gasteiger partial charge < -0.3 is 89.9 Å². The van der Waals surface area contributed by atoms with Gasteiger partial charge in [-0.3, -0.25) is 4.79 Å². The van der Waals surface area contributed by atoms with Crippen LogP contribution in [0.2, 0.25) is 0 Å². The first-order valence-corrected chi connectivity index (χ1v) is 32.9. The predicted molar refractivity (Wildman–Crippen MR) is 346 cm³/mol. The number of aliphatic hydroxyl groups excluding tert-OH is 11. The van der Waals surface area contributed by atoms with E-state index < -0.39 is 124 Å². The van der Waals surface area contributed by atoms with Gasteiger partial charge in [0.25, 0.3) is 0 Å². The van der Waals surface area contributed by atoms with Crippen LogP contribution in [0.3, 0.4) is 0 Å². The highest BCUT2D eigenvalue weighted by atomic mass is 16.8. The second-order valence-electron chi connectivity index (χ2n) is 22.8. The Hall–Kier alpha value is -4.07. The molecule has 12 N–H and O–H groups in total. The molecule has 3 aliphatic heterocycles. The fourth-order valence-corrected chi connectivity index (χ4v) is 10.1. The molecule has 0 bridgehead atoms. The minimum Gasteiger partial charge on any atom is -0.394 e. The van der Waals surface area contributed by atoms with Crippen LogP contribution in [0.25, 0.3) is 0 Å². The summed E-state index contributed by atoms with van der Waals surface area (Å²) in [6.45, 7) is 1.46. The molecule has 1 amide bonds. The highest BCUT2D eigenvalue weighted by Crippen LogP contribution is 2.33. The van der Waals surface area contributed by atoms with Crippen LogP contribution < -0.4 is 5.32 Å². The van der Waals surface area contributed by atoms with Crippen LogP contribution in [0.5, 0.6) is 0 Å². The maximum absolute atomic E-state index is 13.3. The van der Waals surface area contributed by atoms with Crippen molar-refractivity contribution in [2.75, 3.05) is 26.4 Å².